The molecule has 1 aliphatic rings. The number of ether oxygens (including phenoxy) is 1. The predicted octanol–water partition coefficient (Wildman–Crippen LogP) is 5.56. The summed E-state index contributed by atoms with van der Waals surface area (Å²) >= 11 is 8.23. The van der Waals surface area contributed by atoms with Crippen molar-refractivity contribution in [3.63, 3.8) is 0 Å². The third kappa shape index (κ3) is 22.3. The molecule has 1 saturated heterocycles. The van der Waals surface area contributed by atoms with Gasteiger partial charge in [-0.15, -0.1) is 22.7 Å². The second-order valence-electron chi connectivity index (χ2n) is 16.4. The van der Waals surface area contributed by atoms with Crippen LogP contribution in [-0.4, -0.2) is 151 Å². The second-order valence-corrected chi connectivity index (χ2v) is 20.0. The standard InChI is InChI=1S/C23H26BN3O3.C21H16N4O3S.C5H4BrNO2S.CH4.2CH3.3K.HO4P.Pd/c1-22(2)23(3,4)30-24(29-22)15-11-12-19-17(13-15)20(18(14-26-19)21(28)25-5)27-16-9-7-6-8-10-16;1-22-19(26)15-10-23-16-8-7-12(20-25-17(11-29-20)21(27)28)9-14(16)18(15)24-13-5-3-2-4-6-13;1-9-4(8)3-2-10-5(6)7-3;;;;;;;1-4-5(2)3;/h6-14H,1-5H3,(H,25,28)(H,26,27);2-11H,1H3,(H,22,26)(H,23,24)(H,27,28);2H,1H3;1H4;2*1H3;;;;1H;/q;;;;2*-1;;;+1;;+2/p-1. The molecule has 0 radical (unpaired) electrons. The minimum Gasteiger partial charge on any atom is 2.00 e. The quantitative estimate of drug-likeness (QED) is 0.0264. The van der Waals surface area contributed by atoms with E-state index in [0.717, 1.165) is 38.7 Å². The Balaban J connectivity index is 0.00000117. The van der Waals surface area contributed by atoms with Gasteiger partial charge in [-0.2, -0.15) is 0 Å². The number of nitrogens with one attached hydrogen (secondary N) is 4. The summed E-state index contributed by atoms with van der Waals surface area (Å²) < 4.78 is 28.9. The van der Waals surface area contributed by atoms with Gasteiger partial charge in [0, 0.05) is 65.0 Å². The maximum atomic E-state index is 12.5. The van der Waals surface area contributed by atoms with E-state index < -0.39 is 38.5 Å². The number of hydrogen-bond donors (Lipinski definition) is 5. The molecule has 4 aromatic carbocycles. The maximum absolute atomic E-state index is 12.5. The van der Waals surface area contributed by atoms with Crippen LogP contribution in [0.1, 0.15) is 76.8 Å². The number of amides is 2. The number of carbonyl (C=O) groups is 4. The van der Waals surface area contributed by atoms with Crippen molar-refractivity contribution in [1.29, 1.82) is 0 Å². The molecular weight excluding hydrogens is 1340 g/mol. The van der Waals surface area contributed by atoms with Gasteiger partial charge in [-0.1, -0.05) is 56.0 Å². The van der Waals surface area contributed by atoms with Gasteiger partial charge < -0.3 is 65.4 Å². The van der Waals surface area contributed by atoms with Crippen molar-refractivity contribution >= 4 is 191 Å². The summed E-state index contributed by atoms with van der Waals surface area (Å²) in [6.45, 7) is 8.12. The van der Waals surface area contributed by atoms with Crippen LogP contribution in [0.15, 0.2) is 124 Å². The summed E-state index contributed by atoms with van der Waals surface area (Å²) in [6.07, 6.45) is 3.14. The number of pyridine rings is 2. The number of carbonyl (C=O) groups excluding carboxylic acids is 3. The van der Waals surface area contributed by atoms with Gasteiger partial charge in [0.1, 0.15) is 5.01 Å². The van der Waals surface area contributed by atoms with Crippen LogP contribution in [-0.2, 0) is 43.7 Å². The molecule has 2 amide bonds. The molecule has 0 spiro atoms. The first-order valence-electron chi connectivity index (χ1n) is 22.9. The van der Waals surface area contributed by atoms with Crippen molar-refractivity contribution in [2.75, 3.05) is 31.8 Å². The minimum atomic E-state index is -3.15. The summed E-state index contributed by atoms with van der Waals surface area (Å²) in [5, 5.41) is 35.0. The summed E-state index contributed by atoms with van der Waals surface area (Å²) in [5.74, 6) is -1.93. The number of carboxylic acid groups (broad SMARTS) is 1. The first-order chi connectivity index (χ1) is 36.3. The Morgan fingerprint density at radius 3 is 1.58 bits per heavy atom. The number of methoxy groups -OCH3 is 1. The summed E-state index contributed by atoms with van der Waals surface area (Å²) in [4.78, 5) is 72.6. The van der Waals surface area contributed by atoms with Crippen LogP contribution in [0.2, 0.25) is 0 Å². The Morgan fingerprint density at radius 2 is 1.19 bits per heavy atom. The number of thiazole rings is 2. The van der Waals surface area contributed by atoms with Crippen molar-refractivity contribution in [2.45, 2.75) is 46.3 Å². The molecule has 416 valence electrons. The topological polar surface area (TPSA) is 288 Å². The SMILES string of the molecule is C.CNC(=O)c1cnc2ccc(-c3nc(C(=O)O)cs3)cc2c1Nc1ccccc1.CNC(=O)c1cnc2ccc(B3OC(C)(C)C(C)(C)O3)cc2c1Nc1ccccc1.COC(=O)c1csc(Br)n1.O=[P+]([O-])O[O-].[CH3-].[CH3-].[K+].[K][K].[Pd+2]. The van der Waals surface area contributed by atoms with Gasteiger partial charge >= 0.3 is 162 Å². The average molecular weight is 1390 g/mol. The second kappa shape index (κ2) is 38.6. The Bertz CT molecular complexity index is 3330. The number of rotatable bonds is 11. The molecule has 9 rings (SSSR count). The number of anilines is 4. The van der Waals surface area contributed by atoms with E-state index >= 15 is 0 Å². The zero-order valence-corrected chi connectivity index (χ0v) is 60.8. The van der Waals surface area contributed by atoms with Crippen molar-refractivity contribution in [2.24, 2.45) is 0 Å². The van der Waals surface area contributed by atoms with Gasteiger partial charge in [0.2, 0.25) is 0 Å². The fourth-order valence-electron chi connectivity index (χ4n) is 6.83. The zero-order valence-electron chi connectivity index (χ0n) is 45.8. The molecule has 0 bridgehead atoms. The summed E-state index contributed by atoms with van der Waals surface area (Å²) in [6, 6.07) is 30.7. The van der Waals surface area contributed by atoms with Gasteiger partial charge in [0.15, 0.2) is 15.3 Å². The van der Waals surface area contributed by atoms with Crippen LogP contribution in [0.3, 0.4) is 0 Å². The number of benzene rings is 4. The Morgan fingerprint density at radius 1 is 0.741 bits per heavy atom. The fourth-order valence-corrected chi connectivity index (χ4v) is 8.60. The Labute approximate surface area is 590 Å². The molecule has 8 aromatic rings. The van der Waals surface area contributed by atoms with E-state index in [1.165, 1.54) is 105 Å². The summed E-state index contributed by atoms with van der Waals surface area (Å²) in [7, 11) is 0.861. The number of nitrogens with zero attached hydrogens (tertiary/aromatic N) is 4. The molecule has 1 atom stereocenters. The third-order valence-electron chi connectivity index (χ3n) is 11.2. The molecule has 20 nitrogen and oxygen atoms in total. The van der Waals surface area contributed by atoms with E-state index in [1.807, 2.05) is 125 Å². The van der Waals surface area contributed by atoms with Crippen LogP contribution >= 0.6 is 46.9 Å². The molecule has 0 saturated carbocycles. The normalized spacial score (nSPS) is 12.1. The van der Waals surface area contributed by atoms with Crippen molar-refractivity contribution in [3.8, 4) is 10.6 Å². The van der Waals surface area contributed by atoms with Crippen LogP contribution in [0.25, 0.3) is 32.4 Å². The predicted molar refractivity (Wildman–Crippen MR) is 314 cm³/mol. The van der Waals surface area contributed by atoms with Gasteiger partial charge in [-0.25, -0.2) is 24.2 Å². The van der Waals surface area contributed by atoms with E-state index in [-0.39, 0.29) is 112 Å². The first kappa shape index (κ1) is 79.5. The number of hydrogen-bond acceptors (Lipinski definition) is 19. The molecular formula is C52H56BBrK3N8O12PPdS2. The van der Waals surface area contributed by atoms with Crippen molar-refractivity contribution in [3.05, 3.63) is 162 Å². The molecule has 5 heterocycles. The van der Waals surface area contributed by atoms with Gasteiger partial charge in [0.25, 0.3) is 11.8 Å². The molecule has 4 aromatic heterocycles. The van der Waals surface area contributed by atoms with E-state index in [2.05, 4.69) is 66.5 Å². The van der Waals surface area contributed by atoms with Gasteiger partial charge in [0.05, 0.1) is 51.8 Å². The minimum absolute atomic E-state index is 0. The van der Waals surface area contributed by atoms with E-state index in [9.17, 15) is 19.2 Å². The molecule has 1 fully saturated rings. The number of esters is 1. The number of halogens is 1. The van der Waals surface area contributed by atoms with Crippen LogP contribution in [0.4, 0.5) is 22.7 Å². The van der Waals surface area contributed by atoms with Gasteiger partial charge in [-0.05, 0) is 102 Å². The van der Waals surface area contributed by atoms with Crippen LogP contribution in [0.5, 0.6) is 0 Å². The Hall–Kier alpha value is -1.54. The van der Waals surface area contributed by atoms with E-state index in [4.69, 9.17) is 29.1 Å². The number of carboxylic acids is 1. The monoisotopic (exact) mass is 1390 g/mol. The zero-order chi connectivity index (χ0) is 55.7. The first-order valence-corrected chi connectivity index (χ1v) is 42.6. The van der Waals surface area contributed by atoms with Crippen LogP contribution < -0.4 is 88.3 Å². The van der Waals surface area contributed by atoms with Crippen LogP contribution in [0, 0.1) is 14.9 Å². The fraction of sp³-hybridized carbons (Fsp3) is 0.192. The van der Waals surface area contributed by atoms with E-state index in [1.54, 1.807) is 25.7 Å². The molecule has 29 heteroatoms. The van der Waals surface area contributed by atoms with Gasteiger partial charge in [-0.3, -0.25) is 19.6 Å². The largest absolute Gasteiger partial charge is 2.00 e. The molecule has 1 aliphatic heterocycles. The maximum Gasteiger partial charge on any atom is 2.00 e. The van der Waals surface area contributed by atoms with Crippen molar-refractivity contribution < 1.29 is 130 Å². The Kier molecular flexibility index (Phi) is 37.8. The number of aromatic carboxylic acids is 1. The molecule has 0 aliphatic carbocycles. The number of para-hydroxylation sites is 2. The van der Waals surface area contributed by atoms with Crippen molar-refractivity contribution in [1.82, 2.24) is 30.6 Å². The third-order valence-corrected chi connectivity index (χ3v) is 13.6. The number of fused-ring (bicyclic) bond motifs is 2. The average Bonchev–Trinajstić information content (AvgIpc) is 4.17. The van der Waals surface area contributed by atoms with E-state index in [0.29, 0.717) is 42.6 Å². The number of aromatic nitrogens is 4. The summed E-state index contributed by atoms with van der Waals surface area (Å²) in [5.41, 5.74) is 6.53. The molecule has 81 heavy (non-hydrogen) atoms. The molecule has 5 N–H and O–H groups in total. The smallest absolute Gasteiger partial charge is 2.00 e. The molecule has 1 unspecified atom stereocenters.